The predicted molar refractivity (Wildman–Crippen MR) is 57.0 cm³/mol. The molecule has 1 aliphatic rings. The topological polar surface area (TPSA) is 81.5 Å². The Hall–Kier alpha value is -0.900. The van der Waals surface area contributed by atoms with Crippen molar-refractivity contribution < 1.29 is 4.79 Å². The molecule has 0 saturated heterocycles. The van der Waals surface area contributed by atoms with Crippen LogP contribution in [0.1, 0.15) is 25.7 Å². The molecule has 0 aromatic heterocycles. The number of hydrogen-bond donors (Lipinski definition) is 2. The molecular weight excluding hydrogens is 178 g/mol. The van der Waals surface area contributed by atoms with E-state index in [-0.39, 0.29) is 6.04 Å². The van der Waals surface area contributed by atoms with Crippen LogP contribution in [-0.2, 0) is 4.79 Å². The van der Waals surface area contributed by atoms with Gasteiger partial charge < -0.3 is 16.3 Å². The summed E-state index contributed by atoms with van der Waals surface area (Å²) in [6, 6.07) is -0.281. The molecule has 14 heavy (non-hydrogen) atoms. The van der Waals surface area contributed by atoms with Crippen LogP contribution < -0.4 is 11.5 Å². The molecule has 4 heteroatoms. The molecule has 0 radical (unpaired) electrons. The number of aliphatic imine (C=N–C) groups is 1. The van der Waals surface area contributed by atoms with Crippen molar-refractivity contribution in [3.05, 3.63) is 0 Å². The fourth-order valence-corrected chi connectivity index (χ4v) is 2.21. The van der Waals surface area contributed by atoms with E-state index in [0.29, 0.717) is 11.8 Å². The van der Waals surface area contributed by atoms with Crippen LogP contribution >= 0.6 is 0 Å². The van der Waals surface area contributed by atoms with E-state index in [1.54, 1.807) is 0 Å². The largest absolute Gasteiger partial charge is 0.390 e. The van der Waals surface area contributed by atoms with Crippen LogP contribution in [0.2, 0.25) is 0 Å². The molecule has 0 aromatic rings. The maximum absolute atomic E-state index is 10.4. The van der Waals surface area contributed by atoms with Gasteiger partial charge in [0.2, 0.25) is 0 Å². The van der Waals surface area contributed by atoms with Crippen LogP contribution in [0, 0.1) is 11.8 Å². The normalized spacial score (nSPS) is 29.5. The zero-order valence-corrected chi connectivity index (χ0v) is 8.43. The molecule has 1 saturated carbocycles. The van der Waals surface area contributed by atoms with Crippen LogP contribution in [0.15, 0.2) is 4.99 Å². The van der Waals surface area contributed by atoms with Crippen molar-refractivity contribution in [1.82, 2.24) is 0 Å². The summed E-state index contributed by atoms with van der Waals surface area (Å²) in [5.74, 6) is 1.24. The molecule has 4 nitrogen and oxygen atoms in total. The van der Waals surface area contributed by atoms with Gasteiger partial charge in [-0.15, -0.1) is 0 Å². The lowest BCUT2D eigenvalue weighted by Crippen LogP contribution is -2.24. The van der Waals surface area contributed by atoms with E-state index < -0.39 is 0 Å². The molecule has 0 spiro atoms. The summed E-state index contributed by atoms with van der Waals surface area (Å²) in [5.41, 5.74) is 10.8. The van der Waals surface area contributed by atoms with Crippen molar-refractivity contribution in [2.45, 2.75) is 31.7 Å². The van der Waals surface area contributed by atoms with Crippen LogP contribution in [0.25, 0.3) is 0 Å². The molecule has 3 atom stereocenters. The Balaban J connectivity index is 2.23. The molecule has 1 fully saturated rings. The van der Waals surface area contributed by atoms with Crippen molar-refractivity contribution in [3.63, 3.8) is 0 Å². The first-order valence-corrected chi connectivity index (χ1v) is 5.17. The summed E-state index contributed by atoms with van der Waals surface area (Å²) < 4.78 is 0. The van der Waals surface area contributed by atoms with Crippen LogP contribution in [0.3, 0.4) is 0 Å². The van der Waals surface area contributed by atoms with Gasteiger partial charge in [-0.05, 0) is 31.1 Å². The highest BCUT2D eigenvalue weighted by Gasteiger charge is 2.25. The Bertz CT molecular complexity index is 206. The van der Waals surface area contributed by atoms with Crippen molar-refractivity contribution in [1.29, 1.82) is 0 Å². The van der Waals surface area contributed by atoms with E-state index in [9.17, 15) is 4.79 Å². The first-order valence-electron chi connectivity index (χ1n) is 5.17. The van der Waals surface area contributed by atoms with Gasteiger partial charge in [-0.1, -0.05) is 6.42 Å². The number of carbonyl (C=O) groups is 1. The van der Waals surface area contributed by atoms with Gasteiger partial charge in [0.25, 0.3) is 0 Å². The number of aldehydes is 1. The molecule has 0 amide bonds. The molecule has 0 bridgehead atoms. The average Bonchev–Trinajstić information content (AvgIpc) is 2.62. The minimum absolute atomic E-state index is 0.281. The molecule has 0 aromatic carbocycles. The van der Waals surface area contributed by atoms with Gasteiger partial charge in [-0.3, -0.25) is 4.99 Å². The average molecular weight is 197 g/mol. The number of hydrogen-bond acceptors (Lipinski definition) is 3. The van der Waals surface area contributed by atoms with Gasteiger partial charge in [0, 0.05) is 6.54 Å². The van der Waals surface area contributed by atoms with E-state index in [2.05, 4.69) is 4.99 Å². The van der Waals surface area contributed by atoms with Gasteiger partial charge in [-0.2, -0.15) is 0 Å². The quantitative estimate of drug-likeness (QED) is 0.378. The summed E-state index contributed by atoms with van der Waals surface area (Å²) in [6.07, 6.45) is 6.53. The highest BCUT2D eigenvalue weighted by atomic mass is 16.1. The van der Waals surface area contributed by atoms with Crippen LogP contribution in [0.4, 0.5) is 0 Å². The molecule has 80 valence electrons. The maximum atomic E-state index is 10.4. The minimum Gasteiger partial charge on any atom is -0.390 e. The first-order chi connectivity index (χ1) is 6.76. The summed E-state index contributed by atoms with van der Waals surface area (Å²) >= 11 is 0. The van der Waals surface area contributed by atoms with Crippen molar-refractivity contribution >= 4 is 12.6 Å². The standard InChI is InChI=1S/C10H19N3O/c11-7-13-5-9-2-1-8(3-9)4-10(12)6-14/h6-10H,1-5,12H2,(H2,11,13). The number of rotatable bonds is 5. The van der Waals surface area contributed by atoms with Crippen molar-refractivity contribution in [2.75, 3.05) is 6.54 Å². The molecule has 1 aliphatic carbocycles. The lowest BCUT2D eigenvalue weighted by Gasteiger charge is -2.11. The van der Waals surface area contributed by atoms with Gasteiger partial charge in [-0.25, -0.2) is 0 Å². The summed E-state index contributed by atoms with van der Waals surface area (Å²) in [5, 5.41) is 0. The second-order valence-corrected chi connectivity index (χ2v) is 4.09. The third-order valence-corrected chi connectivity index (χ3v) is 2.90. The smallest absolute Gasteiger partial charge is 0.136 e. The Morgan fingerprint density at radius 1 is 1.43 bits per heavy atom. The van der Waals surface area contributed by atoms with Gasteiger partial charge in [0.15, 0.2) is 0 Å². The van der Waals surface area contributed by atoms with Gasteiger partial charge >= 0.3 is 0 Å². The Kier molecular flexibility index (Phi) is 4.59. The maximum Gasteiger partial charge on any atom is 0.136 e. The van der Waals surface area contributed by atoms with E-state index in [1.807, 2.05) is 0 Å². The lowest BCUT2D eigenvalue weighted by molar-refractivity contribution is -0.109. The first kappa shape index (κ1) is 11.2. The monoisotopic (exact) mass is 197 g/mol. The fourth-order valence-electron chi connectivity index (χ4n) is 2.21. The SMILES string of the molecule is NC=NCC1CCC(CC(N)C=O)C1. The van der Waals surface area contributed by atoms with Crippen LogP contribution in [0.5, 0.6) is 0 Å². The predicted octanol–water partition coefficient (Wildman–Crippen LogP) is 0.306. The third-order valence-electron chi connectivity index (χ3n) is 2.90. The Morgan fingerprint density at radius 3 is 2.79 bits per heavy atom. The molecule has 1 rings (SSSR count). The molecule has 0 heterocycles. The van der Waals surface area contributed by atoms with E-state index in [1.165, 1.54) is 19.2 Å². The van der Waals surface area contributed by atoms with Crippen LogP contribution in [-0.4, -0.2) is 25.2 Å². The second-order valence-electron chi connectivity index (χ2n) is 4.09. The number of nitrogens with zero attached hydrogens (tertiary/aromatic N) is 1. The molecule has 3 unspecified atom stereocenters. The minimum atomic E-state index is -0.281. The summed E-state index contributed by atoms with van der Waals surface area (Å²) in [6.45, 7) is 0.823. The second kappa shape index (κ2) is 5.75. The van der Waals surface area contributed by atoms with Gasteiger partial charge in [0.1, 0.15) is 6.29 Å². The van der Waals surface area contributed by atoms with Crippen molar-refractivity contribution in [3.8, 4) is 0 Å². The highest BCUT2D eigenvalue weighted by Crippen LogP contribution is 2.33. The van der Waals surface area contributed by atoms with E-state index in [4.69, 9.17) is 11.5 Å². The Morgan fingerprint density at radius 2 is 2.14 bits per heavy atom. The van der Waals surface area contributed by atoms with E-state index >= 15 is 0 Å². The molecule has 0 aliphatic heterocycles. The van der Waals surface area contributed by atoms with Crippen molar-refractivity contribution in [2.24, 2.45) is 28.3 Å². The zero-order chi connectivity index (χ0) is 10.4. The summed E-state index contributed by atoms with van der Waals surface area (Å²) in [7, 11) is 0. The molecule has 4 N–H and O–H groups in total. The Labute approximate surface area is 84.8 Å². The number of nitrogens with two attached hydrogens (primary N) is 2. The zero-order valence-electron chi connectivity index (χ0n) is 8.43. The summed E-state index contributed by atoms with van der Waals surface area (Å²) in [4.78, 5) is 14.4. The number of carbonyl (C=O) groups excluding carboxylic acids is 1. The van der Waals surface area contributed by atoms with E-state index in [0.717, 1.165) is 25.7 Å². The third kappa shape index (κ3) is 3.46. The van der Waals surface area contributed by atoms with Gasteiger partial charge in [0.05, 0.1) is 12.4 Å². The lowest BCUT2D eigenvalue weighted by atomic mass is 9.98. The molecular formula is C10H19N3O. The fraction of sp³-hybridized carbons (Fsp3) is 0.800. The highest BCUT2D eigenvalue weighted by molar-refractivity contribution is 5.56.